The average molecular weight is 176 g/mol. The molecule has 1 radical (unpaired) electrons. The highest BCUT2D eigenvalue weighted by atomic mass is 32.3. The molecule has 55 valence electrons. The van der Waals surface area contributed by atoms with E-state index in [1.165, 1.54) is 0 Å². The zero-order valence-electron chi connectivity index (χ0n) is 3.79. The van der Waals surface area contributed by atoms with Gasteiger partial charge in [0.1, 0.15) is 0 Å². The van der Waals surface area contributed by atoms with Crippen molar-refractivity contribution >= 4 is 20.6 Å². The lowest BCUT2D eigenvalue weighted by Crippen LogP contribution is -2.21. The van der Waals surface area contributed by atoms with Crippen LogP contribution < -0.4 is 4.13 Å². The summed E-state index contributed by atoms with van der Waals surface area (Å²) in [4.78, 5) is 0. The van der Waals surface area contributed by atoms with Crippen LogP contribution in [0.15, 0.2) is 0 Å². The van der Waals surface area contributed by atoms with Crippen LogP contribution in [0.5, 0.6) is 0 Å². The van der Waals surface area contributed by atoms with Crippen molar-refractivity contribution in [3.8, 4) is 0 Å². The summed E-state index contributed by atoms with van der Waals surface area (Å²) in [5.74, 6) is 0. The summed E-state index contributed by atoms with van der Waals surface area (Å²) in [7, 11) is -9.99. The molecule has 0 rings (SSSR count). The largest absolute Gasteiger partial charge is 0.366 e. The topological polar surface area (TPSA) is 123 Å². The number of nitrogens with zero attached hydrogens (tertiary/aromatic N) is 1. The van der Waals surface area contributed by atoms with Gasteiger partial charge in [0, 0.05) is 0 Å². The molecule has 0 heterocycles. The van der Waals surface area contributed by atoms with Gasteiger partial charge in [0.25, 0.3) is 0 Å². The standard InChI is InChI=1S/H2NO6S2/c2-8(3,4)1-9(5,6)7/h(H,2,3,4)(H,5,6,7). The van der Waals surface area contributed by atoms with Crippen molar-refractivity contribution in [3.05, 3.63) is 0 Å². The van der Waals surface area contributed by atoms with Gasteiger partial charge in [-0.25, -0.2) is 0 Å². The minimum absolute atomic E-state index is 1.60. The SMILES string of the molecule is O=S(=O)(O)[N]S(=O)(=O)O. The maximum atomic E-state index is 9.50. The van der Waals surface area contributed by atoms with Crippen molar-refractivity contribution in [2.75, 3.05) is 0 Å². The fraction of sp³-hybridized carbons (Fsp3) is 0. The van der Waals surface area contributed by atoms with Crippen molar-refractivity contribution in [2.24, 2.45) is 0 Å². The summed E-state index contributed by atoms with van der Waals surface area (Å²) >= 11 is 0. The van der Waals surface area contributed by atoms with E-state index in [4.69, 9.17) is 9.11 Å². The second-order valence-electron chi connectivity index (χ2n) is 0.970. The van der Waals surface area contributed by atoms with Crippen molar-refractivity contribution in [1.29, 1.82) is 0 Å². The molecule has 7 nitrogen and oxygen atoms in total. The Morgan fingerprint density at radius 3 is 1.11 bits per heavy atom. The highest BCUT2D eigenvalue weighted by molar-refractivity contribution is 7.99. The van der Waals surface area contributed by atoms with Crippen LogP contribution in [-0.4, -0.2) is 25.9 Å². The molecule has 0 unspecified atom stereocenters. The van der Waals surface area contributed by atoms with Gasteiger partial charge >= 0.3 is 20.6 Å². The van der Waals surface area contributed by atoms with Crippen LogP contribution in [0.3, 0.4) is 0 Å². The lowest BCUT2D eigenvalue weighted by molar-refractivity contribution is 0.455. The van der Waals surface area contributed by atoms with E-state index in [0.717, 1.165) is 0 Å². The molecule has 0 aromatic heterocycles. The lowest BCUT2D eigenvalue weighted by Gasteiger charge is -1.88. The fourth-order valence-corrected chi connectivity index (χ4v) is 1.07. The Morgan fingerprint density at radius 1 is 0.889 bits per heavy atom. The van der Waals surface area contributed by atoms with Crippen LogP contribution in [0.4, 0.5) is 0 Å². The quantitative estimate of drug-likeness (QED) is 0.478. The molecule has 9 heteroatoms. The summed E-state index contributed by atoms with van der Waals surface area (Å²) in [6.45, 7) is 0. The van der Waals surface area contributed by atoms with E-state index < -0.39 is 20.6 Å². The van der Waals surface area contributed by atoms with Gasteiger partial charge in [-0.2, -0.15) is 16.8 Å². The zero-order valence-corrected chi connectivity index (χ0v) is 5.42. The molecule has 0 saturated heterocycles. The maximum Gasteiger partial charge on any atom is 0.366 e. The zero-order chi connectivity index (χ0) is 7.71. The monoisotopic (exact) mass is 176 g/mol. The highest BCUT2D eigenvalue weighted by Crippen LogP contribution is 1.82. The summed E-state index contributed by atoms with van der Waals surface area (Å²) < 4.78 is 54.8. The highest BCUT2D eigenvalue weighted by Gasteiger charge is 2.16. The van der Waals surface area contributed by atoms with Gasteiger partial charge in [-0.1, -0.05) is 0 Å². The molecular weight excluding hydrogens is 174 g/mol. The van der Waals surface area contributed by atoms with E-state index in [9.17, 15) is 16.8 Å². The van der Waals surface area contributed by atoms with Gasteiger partial charge in [-0.05, 0) is 0 Å². The summed E-state index contributed by atoms with van der Waals surface area (Å²) in [5.41, 5.74) is 0. The van der Waals surface area contributed by atoms with Crippen LogP contribution in [0.25, 0.3) is 0 Å². The summed E-state index contributed by atoms with van der Waals surface area (Å²) in [5, 5.41) is 0. The van der Waals surface area contributed by atoms with E-state index in [-0.39, 0.29) is 0 Å². The number of hydrogen-bond donors (Lipinski definition) is 2. The first kappa shape index (κ1) is 8.78. The number of rotatable bonds is 2. The normalized spacial score (nSPS) is 13.6. The van der Waals surface area contributed by atoms with Crippen LogP contribution in [0.2, 0.25) is 0 Å². The van der Waals surface area contributed by atoms with Crippen LogP contribution in [0.1, 0.15) is 0 Å². The Hall–Kier alpha value is -0.220. The van der Waals surface area contributed by atoms with Crippen molar-refractivity contribution in [3.63, 3.8) is 0 Å². The Morgan fingerprint density at radius 2 is 1.11 bits per heavy atom. The molecule has 0 aliphatic heterocycles. The fourth-order valence-electron chi connectivity index (χ4n) is 0.119. The molecule has 0 aliphatic rings. The predicted molar refractivity (Wildman–Crippen MR) is 25.2 cm³/mol. The van der Waals surface area contributed by atoms with Crippen molar-refractivity contribution in [2.45, 2.75) is 0 Å². The third kappa shape index (κ3) is 7.78. The first-order valence-corrected chi connectivity index (χ1v) is 4.19. The van der Waals surface area contributed by atoms with Gasteiger partial charge < -0.3 is 0 Å². The Kier molecular flexibility index (Phi) is 2.14. The molecule has 0 aromatic carbocycles. The molecule has 0 spiro atoms. The van der Waals surface area contributed by atoms with Crippen molar-refractivity contribution < 1.29 is 25.9 Å². The predicted octanol–water partition coefficient (Wildman–Crippen LogP) is -1.80. The third-order valence-electron chi connectivity index (χ3n) is 0.188. The molecule has 0 saturated carbocycles. The van der Waals surface area contributed by atoms with E-state index in [1.807, 2.05) is 0 Å². The van der Waals surface area contributed by atoms with Gasteiger partial charge in [-0.3, -0.25) is 9.11 Å². The average Bonchev–Trinajstić information content (AvgIpc) is 1.14. The van der Waals surface area contributed by atoms with E-state index >= 15 is 0 Å². The Balaban J connectivity index is 4.46. The third-order valence-corrected chi connectivity index (χ3v) is 1.70. The first-order chi connectivity index (χ1) is 3.71. The molecule has 0 bridgehead atoms. The molecule has 0 atom stereocenters. The second kappa shape index (κ2) is 2.19. The van der Waals surface area contributed by atoms with Crippen molar-refractivity contribution in [1.82, 2.24) is 4.13 Å². The van der Waals surface area contributed by atoms with Gasteiger partial charge in [0.15, 0.2) is 0 Å². The summed E-state index contributed by atoms with van der Waals surface area (Å²) in [6.07, 6.45) is 0. The number of hydrogen-bond acceptors (Lipinski definition) is 4. The van der Waals surface area contributed by atoms with Gasteiger partial charge in [0.2, 0.25) is 0 Å². The van der Waals surface area contributed by atoms with E-state index in [0.29, 0.717) is 0 Å². The minimum Gasteiger partial charge on any atom is -0.272 e. The minimum atomic E-state index is -4.99. The second-order valence-corrected chi connectivity index (χ2v) is 3.36. The Bertz CT molecular complexity index is 236. The molecule has 9 heavy (non-hydrogen) atoms. The maximum absolute atomic E-state index is 9.50. The molecule has 0 aliphatic carbocycles. The van der Waals surface area contributed by atoms with Crippen LogP contribution >= 0.6 is 0 Å². The molecule has 0 fully saturated rings. The van der Waals surface area contributed by atoms with E-state index in [2.05, 4.69) is 0 Å². The summed E-state index contributed by atoms with van der Waals surface area (Å²) in [6, 6.07) is 0. The van der Waals surface area contributed by atoms with Gasteiger partial charge in [0.05, 0.1) is 4.13 Å². The van der Waals surface area contributed by atoms with E-state index in [1.54, 1.807) is 4.13 Å². The Labute approximate surface area is 51.5 Å². The van der Waals surface area contributed by atoms with Gasteiger partial charge in [-0.15, -0.1) is 0 Å². The molecule has 0 aromatic rings. The smallest absolute Gasteiger partial charge is 0.272 e. The molecular formula is H2NO6S2. The van der Waals surface area contributed by atoms with Crippen LogP contribution in [-0.2, 0) is 20.6 Å². The lowest BCUT2D eigenvalue weighted by atomic mass is 13.9. The molecule has 2 N–H and O–H groups in total. The first-order valence-electron chi connectivity index (χ1n) is 1.40. The van der Waals surface area contributed by atoms with Crippen LogP contribution in [0, 0.1) is 0 Å². The molecule has 0 amide bonds.